The summed E-state index contributed by atoms with van der Waals surface area (Å²) in [5.41, 5.74) is 5.02. The number of rotatable bonds is 6. The van der Waals surface area contributed by atoms with Crippen LogP contribution in [0.4, 0.5) is 0 Å². The molecular formula is C28H27ClOP+. The Balaban J connectivity index is 2.06. The molecule has 31 heavy (non-hydrogen) atoms. The van der Waals surface area contributed by atoms with Crippen molar-refractivity contribution in [2.75, 3.05) is 7.11 Å². The van der Waals surface area contributed by atoms with Crippen molar-refractivity contribution in [1.29, 1.82) is 0 Å². The third-order valence-corrected chi connectivity index (χ3v) is 10.7. The SMILES string of the molecule is COc1cc(C)c(C)c(Cc2ccccc2)c1[P+](Cl)(c1ccccc1)c1ccccc1. The van der Waals surface area contributed by atoms with Crippen LogP contribution in [0, 0.1) is 13.8 Å². The van der Waals surface area contributed by atoms with Crippen LogP contribution in [0.5, 0.6) is 5.75 Å². The molecule has 3 heteroatoms. The Kier molecular flexibility index (Phi) is 6.46. The molecule has 0 heterocycles. The van der Waals surface area contributed by atoms with Gasteiger partial charge in [-0.2, -0.15) is 0 Å². The van der Waals surface area contributed by atoms with E-state index in [0.717, 1.165) is 28.1 Å². The summed E-state index contributed by atoms with van der Waals surface area (Å²) < 4.78 is 5.99. The average Bonchev–Trinajstić information content (AvgIpc) is 2.83. The minimum absolute atomic E-state index is 0.814. The highest BCUT2D eigenvalue weighted by atomic mass is 35.7. The van der Waals surface area contributed by atoms with Crippen molar-refractivity contribution in [1.82, 2.24) is 0 Å². The van der Waals surface area contributed by atoms with E-state index in [9.17, 15) is 0 Å². The molecule has 156 valence electrons. The Morgan fingerprint density at radius 3 is 1.71 bits per heavy atom. The molecule has 0 fully saturated rings. The van der Waals surface area contributed by atoms with Gasteiger partial charge in [-0.25, -0.2) is 0 Å². The molecule has 0 N–H and O–H groups in total. The van der Waals surface area contributed by atoms with E-state index in [1.54, 1.807) is 7.11 Å². The summed E-state index contributed by atoms with van der Waals surface area (Å²) in [4.78, 5) is 0. The van der Waals surface area contributed by atoms with E-state index in [-0.39, 0.29) is 0 Å². The van der Waals surface area contributed by atoms with Gasteiger partial charge in [0.25, 0.3) is 0 Å². The smallest absolute Gasteiger partial charge is 0.214 e. The third kappa shape index (κ3) is 4.13. The number of hydrogen-bond donors (Lipinski definition) is 0. The summed E-state index contributed by atoms with van der Waals surface area (Å²) in [7, 11) is 1.75. The van der Waals surface area contributed by atoms with E-state index in [4.69, 9.17) is 16.0 Å². The highest BCUT2D eigenvalue weighted by molar-refractivity contribution is 8.15. The number of methoxy groups -OCH3 is 1. The zero-order chi connectivity index (χ0) is 21.8. The number of ether oxygens (including phenoxy) is 1. The lowest BCUT2D eigenvalue weighted by Gasteiger charge is -2.25. The molecule has 0 unspecified atom stereocenters. The molecule has 4 aromatic carbocycles. The molecule has 1 nitrogen and oxygen atoms in total. The number of benzene rings is 4. The van der Waals surface area contributed by atoms with Crippen LogP contribution in [0.3, 0.4) is 0 Å². The van der Waals surface area contributed by atoms with Crippen LogP contribution in [0.15, 0.2) is 97.1 Å². The first kappa shape index (κ1) is 21.6. The molecule has 0 saturated heterocycles. The van der Waals surface area contributed by atoms with Gasteiger partial charge in [-0.05, 0) is 60.9 Å². The van der Waals surface area contributed by atoms with Gasteiger partial charge < -0.3 is 4.74 Å². The van der Waals surface area contributed by atoms with Crippen LogP contribution in [0.1, 0.15) is 22.3 Å². The first-order valence-corrected chi connectivity index (χ1v) is 13.2. The quantitative estimate of drug-likeness (QED) is 0.314. The summed E-state index contributed by atoms with van der Waals surface area (Å²) in [6.07, 6.45) is 0.814. The van der Waals surface area contributed by atoms with E-state index in [2.05, 4.69) is 98.8 Å². The summed E-state index contributed by atoms with van der Waals surface area (Å²) in [6, 6.07) is 33.7. The maximum absolute atomic E-state index is 7.83. The lowest BCUT2D eigenvalue weighted by Crippen LogP contribution is -2.31. The fourth-order valence-electron chi connectivity index (χ4n) is 4.12. The summed E-state index contributed by atoms with van der Waals surface area (Å²) in [5, 5.41) is 3.40. The van der Waals surface area contributed by atoms with E-state index < -0.39 is 6.62 Å². The van der Waals surface area contributed by atoms with Gasteiger partial charge in [0.1, 0.15) is 21.8 Å². The fourth-order valence-corrected chi connectivity index (χ4v) is 8.41. The van der Waals surface area contributed by atoms with Gasteiger partial charge in [0.15, 0.2) is 11.1 Å². The Morgan fingerprint density at radius 2 is 1.23 bits per heavy atom. The first-order valence-electron chi connectivity index (χ1n) is 10.5. The number of hydrogen-bond acceptors (Lipinski definition) is 1. The zero-order valence-electron chi connectivity index (χ0n) is 18.2. The van der Waals surface area contributed by atoms with Crippen molar-refractivity contribution in [3.63, 3.8) is 0 Å². The maximum Gasteiger partial charge on any atom is 0.214 e. The largest absolute Gasteiger partial charge is 0.493 e. The number of aryl methyl sites for hydroxylation is 1. The molecule has 0 aliphatic carbocycles. The predicted octanol–water partition coefficient (Wildman–Crippen LogP) is 6.35. The average molecular weight is 446 g/mol. The van der Waals surface area contributed by atoms with Crippen LogP contribution in [-0.4, -0.2) is 7.11 Å². The van der Waals surface area contributed by atoms with Crippen molar-refractivity contribution in [2.45, 2.75) is 20.3 Å². The van der Waals surface area contributed by atoms with Crippen molar-refractivity contribution >= 4 is 33.8 Å². The fraction of sp³-hybridized carbons (Fsp3) is 0.143. The summed E-state index contributed by atoms with van der Waals surface area (Å²) >= 11 is 7.83. The van der Waals surface area contributed by atoms with Crippen molar-refractivity contribution in [3.8, 4) is 5.75 Å². The lowest BCUT2D eigenvalue weighted by molar-refractivity contribution is 0.417. The molecule has 0 spiro atoms. The first-order chi connectivity index (χ1) is 15.1. The maximum atomic E-state index is 7.83. The summed E-state index contributed by atoms with van der Waals surface area (Å²) in [5.74, 6) is 0.866. The molecule has 0 amide bonds. The standard InChI is InChI=1S/C28H27ClOP/c1-21-19-27(30-3)28(26(22(21)2)20-23-13-7-4-8-14-23)31(29,24-15-9-5-10-16-24)25-17-11-6-12-18-25/h4-19H,20H2,1-3H3/q+1. The Bertz CT molecular complexity index is 1120. The van der Waals surface area contributed by atoms with Crippen LogP contribution < -0.4 is 20.7 Å². The van der Waals surface area contributed by atoms with Gasteiger partial charge in [-0.3, -0.25) is 0 Å². The van der Waals surface area contributed by atoms with E-state index in [0.29, 0.717) is 0 Å². The molecule has 0 aliphatic rings. The highest BCUT2D eigenvalue weighted by Gasteiger charge is 2.49. The Hall–Kier alpha value is -2.60. The Morgan fingerprint density at radius 1 is 0.742 bits per heavy atom. The second kappa shape index (κ2) is 9.27. The molecule has 4 aromatic rings. The molecule has 0 bridgehead atoms. The second-order valence-corrected chi connectivity index (χ2v) is 11.9. The Labute approximate surface area is 190 Å². The van der Waals surface area contributed by atoms with Crippen molar-refractivity contribution < 1.29 is 4.74 Å². The molecule has 0 radical (unpaired) electrons. The van der Waals surface area contributed by atoms with E-state index in [1.165, 1.54) is 22.3 Å². The van der Waals surface area contributed by atoms with Crippen LogP contribution in [0.25, 0.3) is 0 Å². The van der Waals surface area contributed by atoms with Gasteiger partial charge in [0.2, 0.25) is 6.62 Å². The normalized spacial score (nSPS) is 11.4. The van der Waals surface area contributed by atoms with Gasteiger partial charge in [0, 0.05) is 12.0 Å². The van der Waals surface area contributed by atoms with Crippen LogP contribution in [0.2, 0.25) is 0 Å². The van der Waals surface area contributed by atoms with Crippen LogP contribution in [-0.2, 0) is 6.42 Å². The van der Waals surface area contributed by atoms with Crippen LogP contribution >= 0.6 is 17.9 Å². The van der Waals surface area contributed by atoms with Gasteiger partial charge in [-0.15, -0.1) is 0 Å². The van der Waals surface area contributed by atoms with Gasteiger partial charge in [-0.1, -0.05) is 66.7 Å². The molecule has 0 aromatic heterocycles. The summed E-state index contributed by atoms with van der Waals surface area (Å²) in [6.45, 7) is 1.90. The van der Waals surface area contributed by atoms with Gasteiger partial charge >= 0.3 is 0 Å². The zero-order valence-corrected chi connectivity index (χ0v) is 19.8. The topological polar surface area (TPSA) is 9.23 Å². The lowest BCUT2D eigenvalue weighted by atomic mass is 9.96. The van der Waals surface area contributed by atoms with E-state index >= 15 is 0 Å². The molecule has 0 atom stereocenters. The second-order valence-electron chi connectivity index (χ2n) is 7.77. The minimum Gasteiger partial charge on any atom is -0.493 e. The molecular weight excluding hydrogens is 419 g/mol. The highest BCUT2D eigenvalue weighted by Crippen LogP contribution is 2.63. The molecule has 0 saturated carbocycles. The minimum atomic E-state index is -2.45. The van der Waals surface area contributed by atoms with E-state index in [1.807, 2.05) is 12.1 Å². The van der Waals surface area contributed by atoms with Crippen molar-refractivity contribution in [2.24, 2.45) is 0 Å². The monoisotopic (exact) mass is 445 g/mol. The molecule has 0 aliphatic heterocycles. The third-order valence-electron chi connectivity index (χ3n) is 5.89. The van der Waals surface area contributed by atoms with Crippen molar-refractivity contribution in [3.05, 3.63) is 119 Å². The number of halogens is 1. The molecule has 4 rings (SSSR count). The predicted molar refractivity (Wildman–Crippen MR) is 136 cm³/mol. The van der Waals surface area contributed by atoms with Gasteiger partial charge in [0.05, 0.1) is 7.11 Å².